The standard InChI is InChI=1S/C20H21NO6/c1-25-19(23)8-5-13-21-18(22)14-26-20(24)15-9-11-17(12-10-15)27-16-6-3-2-4-7-16/h2-4,6-7,9-12H,5,8,13-14H2,1H3,(H,21,22). The molecule has 7 nitrogen and oxygen atoms in total. The van der Waals surface area contributed by atoms with E-state index in [2.05, 4.69) is 10.1 Å². The first-order valence-corrected chi connectivity index (χ1v) is 8.42. The van der Waals surface area contributed by atoms with Gasteiger partial charge < -0.3 is 19.5 Å². The minimum Gasteiger partial charge on any atom is -0.469 e. The van der Waals surface area contributed by atoms with Crippen LogP contribution in [-0.2, 0) is 19.1 Å². The Morgan fingerprint density at radius 1 is 0.926 bits per heavy atom. The third-order valence-electron chi connectivity index (χ3n) is 3.51. The summed E-state index contributed by atoms with van der Waals surface area (Å²) in [5.74, 6) is -0.101. The Labute approximate surface area is 157 Å². The van der Waals surface area contributed by atoms with Crippen LogP contribution in [0.15, 0.2) is 54.6 Å². The van der Waals surface area contributed by atoms with Crippen molar-refractivity contribution in [2.75, 3.05) is 20.3 Å². The van der Waals surface area contributed by atoms with Gasteiger partial charge in [-0.3, -0.25) is 9.59 Å². The minimum absolute atomic E-state index is 0.216. The monoisotopic (exact) mass is 371 g/mol. The van der Waals surface area contributed by atoms with Crippen molar-refractivity contribution in [1.29, 1.82) is 0 Å². The number of nitrogens with one attached hydrogen (secondary N) is 1. The number of amides is 1. The third-order valence-corrected chi connectivity index (χ3v) is 3.51. The molecule has 0 saturated heterocycles. The van der Waals surface area contributed by atoms with E-state index in [-0.39, 0.29) is 19.0 Å². The lowest BCUT2D eigenvalue weighted by molar-refractivity contribution is -0.140. The Balaban J connectivity index is 1.72. The van der Waals surface area contributed by atoms with Gasteiger partial charge in [0.2, 0.25) is 0 Å². The van der Waals surface area contributed by atoms with E-state index >= 15 is 0 Å². The summed E-state index contributed by atoms with van der Waals surface area (Å²) in [6.07, 6.45) is 0.670. The molecule has 1 amide bonds. The van der Waals surface area contributed by atoms with E-state index in [0.717, 1.165) is 0 Å². The van der Waals surface area contributed by atoms with Gasteiger partial charge in [0.25, 0.3) is 5.91 Å². The van der Waals surface area contributed by atoms with E-state index < -0.39 is 11.9 Å². The molecule has 2 aromatic rings. The minimum atomic E-state index is -0.606. The molecule has 2 aromatic carbocycles. The quantitative estimate of drug-likeness (QED) is 0.538. The van der Waals surface area contributed by atoms with Gasteiger partial charge in [0.1, 0.15) is 11.5 Å². The summed E-state index contributed by atoms with van der Waals surface area (Å²) in [6.45, 7) is -0.0870. The third kappa shape index (κ3) is 7.19. The fourth-order valence-electron chi connectivity index (χ4n) is 2.11. The smallest absolute Gasteiger partial charge is 0.338 e. The molecule has 27 heavy (non-hydrogen) atoms. The highest BCUT2D eigenvalue weighted by molar-refractivity contribution is 5.91. The van der Waals surface area contributed by atoms with Gasteiger partial charge in [0.05, 0.1) is 12.7 Å². The van der Waals surface area contributed by atoms with Gasteiger partial charge in [-0.15, -0.1) is 0 Å². The first-order chi connectivity index (χ1) is 13.1. The second kappa shape index (κ2) is 10.6. The molecule has 0 unspecified atom stereocenters. The first-order valence-electron chi connectivity index (χ1n) is 8.42. The number of para-hydroxylation sites is 1. The van der Waals surface area contributed by atoms with Gasteiger partial charge in [-0.1, -0.05) is 18.2 Å². The van der Waals surface area contributed by atoms with Crippen molar-refractivity contribution in [2.45, 2.75) is 12.8 Å². The lowest BCUT2D eigenvalue weighted by Gasteiger charge is -2.08. The van der Waals surface area contributed by atoms with Crippen LogP contribution < -0.4 is 10.1 Å². The van der Waals surface area contributed by atoms with Gasteiger partial charge in [0.15, 0.2) is 6.61 Å². The Bertz CT molecular complexity index is 758. The predicted octanol–water partition coefficient (Wildman–Crippen LogP) is 2.71. The van der Waals surface area contributed by atoms with Gasteiger partial charge in [-0.25, -0.2) is 4.79 Å². The largest absolute Gasteiger partial charge is 0.469 e. The van der Waals surface area contributed by atoms with E-state index in [1.165, 1.54) is 7.11 Å². The van der Waals surface area contributed by atoms with Crippen molar-refractivity contribution in [3.05, 3.63) is 60.2 Å². The van der Waals surface area contributed by atoms with Crippen molar-refractivity contribution in [3.8, 4) is 11.5 Å². The van der Waals surface area contributed by atoms with E-state index in [9.17, 15) is 14.4 Å². The maximum Gasteiger partial charge on any atom is 0.338 e. The Kier molecular flexibility index (Phi) is 7.84. The number of methoxy groups -OCH3 is 1. The van der Waals surface area contributed by atoms with E-state index in [1.54, 1.807) is 24.3 Å². The molecule has 0 aliphatic rings. The molecule has 0 radical (unpaired) electrons. The summed E-state index contributed by atoms with van der Waals surface area (Å²) in [6, 6.07) is 15.7. The summed E-state index contributed by atoms with van der Waals surface area (Å²) in [4.78, 5) is 34.5. The number of hydrogen-bond acceptors (Lipinski definition) is 6. The lowest BCUT2D eigenvalue weighted by atomic mass is 10.2. The highest BCUT2D eigenvalue weighted by Crippen LogP contribution is 2.21. The fourth-order valence-corrected chi connectivity index (χ4v) is 2.11. The molecule has 0 spiro atoms. The predicted molar refractivity (Wildman–Crippen MR) is 97.5 cm³/mol. The van der Waals surface area contributed by atoms with Crippen molar-refractivity contribution in [1.82, 2.24) is 5.32 Å². The van der Waals surface area contributed by atoms with Crippen LogP contribution in [0.3, 0.4) is 0 Å². The molecule has 0 saturated carbocycles. The highest BCUT2D eigenvalue weighted by Gasteiger charge is 2.10. The van der Waals surface area contributed by atoms with Gasteiger partial charge in [0, 0.05) is 13.0 Å². The van der Waals surface area contributed by atoms with E-state index in [0.29, 0.717) is 30.0 Å². The number of rotatable bonds is 9. The Hall–Kier alpha value is -3.35. The van der Waals surface area contributed by atoms with E-state index in [1.807, 2.05) is 30.3 Å². The maximum atomic E-state index is 12.0. The highest BCUT2D eigenvalue weighted by atomic mass is 16.5. The van der Waals surface area contributed by atoms with Crippen LogP contribution in [0, 0.1) is 0 Å². The van der Waals surface area contributed by atoms with Crippen LogP contribution in [-0.4, -0.2) is 38.1 Å². The normalized spacial score (nSPS) is 9.96. The van der Waals surface area contributed by atoms with E-state index in [4.69, 9.17) is 9.47 Å². The summed E-state index contributed by atoms with van der Waals surface area (Å²) in [5, 5.41) is 2.56. The second-order valence-electron chi connectivity index (χ2n) is 5.55. The molecule has 2 rings (SSSR count). The van der Waals surface area contributed by atoms with Crippen LogP contribution in [0.4, 0.5) is 0 Å². The molecular weight excluding hydrogens is 350 g/mol. The average Bonchev–Trinajstić information content (AvgIpc) is 2.70. The molecule has 0 fully saturated rings. The maximum absolute atomic E-state index is 12.0. The molecule has 0 aliphatic heterocycles. The van der Waals surface area contributed by atoms with Crippen LogP contribution in [0.25, 0.3) is 0 Å². The van der Waals surface area contributed by atoms with Crippen LogP contribution in [0.1, 0.15) is 23.2 Å². The fraction of sp³-hybridized carbons (Fsp3) is 0.250. The van der Waals surface area contributed by atoms with Gasteiger partial charge >= 0.3 is 11.9 Å². The molecule has 0 aromatic heterocycles. The number of carbonyl (C=O) groups excluding carboxylic acids is 3. The zero-order valence-electron chi connectivity index (χ0n) is 15.0. The Morgan fingerprint density at radius 3 is 2.26 bits per heavy atom. The van der Waals surface area contributed by atoms with Crippen LogP contribution >= 0.6 is 0 Å². The number of esters is 2. The number of ether oxygens (including phenoxy) is 3. The average molecular weight is 371 g/mol. The van der Waals surface area contributed by atoms with Crippen LogP contribution in [0.5, 0.6) is 11.5 Å². The summed E-state index contributed by atoms with van der Waals surface area (Å²) in [5.41, 5.74) is 0.314. The topological polar surface area (TPSA) is 90.9 Å². The van der Waals surface area contributed by atoms with Gasteiger partial charge in [-0.2, -0.15) is 0 Å². The van der Waals surface area contributed by atoms with Crippen molar-refractivity contribution in [2.24, 2.45) is 0 Å². The summed E-state index contributed by atoms with van der Waals surface area (Å²) >= 11 is 0. The van der Waals surface area contributed by atoms with Crippen molar-refractivity contribution < 1.29 is 28.6 Å². The van der Waals surface area contributed by atoms with Crippen LogP contribution in [0.2, 0.25) is 0 Å². The molecule has 0 heterocycles. The molecule has 0 atom stereocenters. The Morgan fingerprint density at radius 2 is 1.59 bits per heavy atom. The molecule has 7 heteroatoms. The molecule has 0 bridgehead atoms. The lowest BCUT2D eigenvalue weighted by Crippen LogP contribution is -2.29. The molecule has 142 valence electrons. The molecule has 1 N–H and O–H groups in total. The summed E-state index contributed by atoms with van der Waals surface area (Å²) < 4.78 is 15.1. The number of benzene rings is 2. The van der Waals surface area contributed by atoms with Crippen molar-refractivity contribution >= 4 is 17.8 Å². The SMILES string of the molecule is COC(=O)CCCNC(=O)COC(=O)c1ccc(Oc2ccccc2)cc1. The number of hydrogen-bond donors (Lipinski definition) is 1. The summed E-state index contributed by atoms with van der Waals surface area (Å²) in [7, 11) is 1.31. The zero-order chi connectivity index (χ0) is 19.5. The zero-order valence-corrected chi connectivity index (χ0v) is 15.0. The first kappa shape index (κ1) is 20.0. The second-order valence-corrected chi connectivity index (χ2v) is 5.55. The molecule has 0 aliphatic carbocycles. The van der Waals surface area contributed by atoms with Crippen molar-refractivity contribution in [3.63, 3.8) is 0 Å². The van der Waals surface area contributed by atoms with Gasteiger partial charge in [-0.05, 0) is 42.8 Å². The number of carbonyl (C=O) groups is 3. The molecular formula is C20H21NO6.